The maximum Gasteiger partial charge on any atom is 0.255 e. The molecule has 63 heavy (non-hydrogen) atoms. The van der Waals surface area contributed by atoms with Crippen molar-refractivity contribution in [3.8, 4) is 33.8 Å². The van der Waals surface area contributed by atoms with Crippen molar-refractivity contribution in [3.63, 3.8) is 0 Å². The summed E-state index contributed by atoms with van der Waals surface area (Å²) in [6.07, 6.45) is 7.78. The Balaban J connectivity index is 1.09. The van der Waals surface area contributed by atoms with Gasteiger partial charge in [-0.2, -0.15) is 0 Å². The molecule has 9 nitrogen and oxygen atoms in total. The fourth-order valence-electron chi connectivity index (χ4n) is 7.40. The number of rotatable bonds is 15. The van der Waals surface area contributed by atoms with Gasteiger partial charge in [-0.05, 0) is 108 Å². The van der Waals surface area contributed by atoms with Crippen molar-refractivity contribution in [1.29, 1.82) is 0 Å². The number of hydrogen-bond acceptors (Lipinski definition) is 6. The lowest BCUT2D eigenvalue weighted by Crippen LogP contribution is -2.19. The highest BCUT2D eigenvalue weighted by atomic mass is 16.2. The standard InChI is InChI=1S/C54H54N6O3/c1-34(2)25-37-7-13-40(14-8-37)49-22-19-46(31-55-49)58-52(61)43-28-44(53(62)59-47-20-23-50(56-32-47)41-15-9-38(10-16-41)26-35(3)4)30-45(29-43)54(63)60-48-21-24-51(57-33-48)42-17-11-39(12-18-42)27-36(5)6/h7-24,28-36H,25-27H2,1-6H3,(H,58,61)(H,59,62)(H,60,63). The molecule has 0 aliphatic carbocycles. The van der Waals surface area contributed by atoms with Crippen LogP contribution in [0.15, 0.2) is 146 Å². The molecule has 0 saturated carbocycles. The van der Waals surface area contributed by atoms with E-state index in [9.17, 15) is 14.4 Å². The third-order valence-electron chi connectivity index (χ3n) is 10.5. The molecule has 0 atom stereocenters. The highest BCUT2D eigenvalue weighted by Gasteiger charge is 2.18. The van der Waals surface area contributed by atoms with Crippen LogP contribution in [0.5, 0.6) is 0 Å². The van der Waals surface area contributed by atoms with E-state index in [2.05, 4.69) is 145 Å². The van der Waals surface area contributed by atoms with Crippen molar-refractivity contribution in [3.05, 3.63) is 179 Å². The predicted octanol–water partition coefficient (Wildman–Crippen LogP) is 12.2. The first-order valence-corrected chi connectivity index (χ1v) is 21.6. The Kier molecular flexibility index (Phi) is 14.0. The minimum atomic E-state index is -0.512. The van der Waals surface area contributed by atoms with Crippen molar-refractivity contribution < 1.29 is 14.4 Å². The van der Waals surface area contributed by atoms with Crippen LogP contribution in [-0.2, 0) is 19.3 Å². The molecule has 3 heterocycles. The number of benzene rings is 4. The second kappa shape index (κ2) is 20.1. The summed E-state index contributed by atoms with van der Waals surface area (Å²) in [5.41, 5.74) is 10.7. The second-order valence-electron chi connectivity index (χ2n) is 17.3. The number of hydrogen-bond donors (Lipinski definition) is 3. The predicted molar refractivity (Wildman–Crippen MR) is 255 cm³/mol. The maximum absolute atomic E-state index is 13.8. The molecule has 4 aromatic carbocycles. The summed E-state index contributed by atoms with van der Waals surface area (Å²) >= 11 is 0. The van der Waals surface area contributed by atoms with E-state index in [-0.39, 0.29) is 16.7 Å². The van der Waals surface area contributed by atoms with Crippen molar-refractivity contribution in [1.82, 2.24) is 15.0 Å². The van der Waals surface area contributed by atoms with Gasteiger partial charge in [0, 0.05) is 33.4 Å². The zero-order valence-electron chi connectivity index (χ0n) is 36.8. The number of anilines is 3. The van der Waals surface area contributed by atoms with E-state index < -0.39 is 17.7 Å². The molecule has 9 heteroatoms. The Morgan fingerprint density at radius 3 is 0.841 bits per heavy atom. The van der Waals surface area contributed by atoms with E-state index in [1.165, 1.54) is 34.9 Å². The molecule has 0 aliphatic rings. The highest BCUT2D eigenvalue weighted by molar-refractivity contribution is 6.13. The van der Waals surface area contributed by atoms with Gasteiger partial charge in [-0.25, -0.2) is 0 Å². The normalized spacial score (nSPS) is 11.2. The molecule has 7 aromatic rings. The van der Waals surface area contributed by atoms with E-state index in [1.54, 1.807) is 36.8 Å². The average molecular weight is 835 g/mol. The van der Waals surface area contributed by atoms with Gasteiger partial charge < -0.3 is 16.0 Å². The van der Waals surface area contributed by atoms with Crippen LogP contribution in [0.2, 0.25) is 0 Å². The summed E-state index contributed by atoms with van der Waals surface area (Å²) in [6, 6.07) is 40.2. The van der Waals surface area contributed by atoms with Crippen LogP contribution in [0.25, 0.3) is 33.8 Å². The fraction of sp³-hybridized carbons (Fsp3) is 0.222. The lowest BCUT2D eigenvalue weighted by atomic mass is 10.0. The molecule has 0 fully saturated rings. The summed E-state index contributed by atoms with van der Waals surface area (Å²) in [6.45, 7) is 13.2. The highest BCUT2D eigenvalue weighted by Crippen LogP contribution is 2.25. The number of nitrogens with one attached hydrogen (secondary N) is 3. The van der Waals surface area contributed by atoms with Crippen LogP contribution >= 0.6 is 0 Å². The topological polar surface area (TPSA) is 126 Å². The van der Waals surface area contributed by atoms with Crippen LogP contribution < -0.4 is 16.0 Å². The summed E-state index contributed by atoms with van der Waals surface area (Å²) in [7, 11) is 0. The molecular weight excluding hydrogens is 781 g/mol. The van der Waals surface area contributed by atoms with Gasteiger partial charge in [0.15, 0.2) is 0 Å². The molecule has 3 amide bonds. The summed E-state index contributed by atoms with van der Waals surface area (Å²) < 4.78 is 0. The lowest BCUT2D eigenvalue weighted by molar-refractivity contribution is 0.102. The number of carbonyl (C=O) groups excluding carboxylic acids is 3. The van der Waals surface area contributed by atoms with Crippen molar-refractivity contribution in [2.45, 2.75) is 60.8 Å². The molecule has 0 unspecified atom stereocenters. The Hall–Kier alpha value is -7.26. The molecule has 0 saturated heterocycles. The Labute approximate surface area is 370 Å². The number of amides is 3. The Bertz CT molecular complexity index is 2340. The monoisotopic (exact) mass is 834 g/mol. The minimum Gasteiger partial charge on any atom is -0.321 e. The molecule has 0 bridgehead atoms. The molecule has 3 aromatic heterocycles. The molecule has 318 valence electrons. The van der Waals surface area contributed by atoms with Crippen LogP contribution in [0.4, 0.5) is 17.1 Å². The molecule has 3 N–H and O–H groups in total. The lowest BCUT2D eigenvalue weighted by Gasteiger charge is -2.12. The fourth-order valence-corrected chi connectivity index (χ4v) is 7.40. The van der Waals surface area contributed by atoms with Gasteiger partial charge in [0.25, 0.3) is 17.7 Å². The Morgan fingerprint density at radius 1 is 0.381 bits per heavy atom. The number of nitrogens with zero attached hydrogens (tertiary/aromatic N) is 3. The van der Waals surface area contributed by atoms with E-state index in [0.717, 1.165) is 53.0 Å². The smallest absolute Gasteiger partial charge is 0.255 e. The van der Waals surface area contributed by atoms with Gasteiger partial charge in [-0.15, -0.1) is 0 Å². The third-order valence-corrected chi connectivity index (χ3v) is 10.5. The number of carbonyl (C=O) groups is 3. The number of pyridine rings is 3. The maximum atomic E-state index is 13.8. The quantitative estimate of drug-likeness (QED) is 0.0944. The van der Waals surface area contributed by atoms with Crippen LogP contribution in [0, 0.1) is 17.8 Å². The van der Waals surface area contributed by atoms with Crippen LogP contribution in [0.1, 0.15) is 89.3 Å². The van der Waals surface area contributed by atoms with Gasteiger partial charge in [0.05, 0.1) is 52.7 Å². The minimum absolute atomic E-state index is 0.112. The largest absolute Gasteiger partial charge is 0.321 e. The summed E-state index contributed by atoms with van der Waals surface area (Å²) in [4.78, 5) is 55.3. The van der Waals surface area contributed by atoms with Crippen LogP contribution in [-0.4, -0.2) is 32.7 Å². The average Bonchev–Trinajstić information content (AvgIpc) is 3.27. The first kappa shape index (κ1) is 43.8. The van der Waals surface area contributed by atoms with Gasteiger partial charge >= 0.3 is 0 Å². The summed E-state index contributed by atoms with van der Waals surface area (Å²) in [5.74, 6) is 0.156. The molecule has 0 aliphatic heterocycles. The van der Waals surface area contributed by atoms with Gasteiger partial charge in [-0.1, -0.05) is 114 Å². The van der Waals surface area contributed by atoms with E-state index >= 15 is 0 Å². The van der Waals surface area contributed by atoms with Gasteiger partial charge in [0.1, 0.15) is 0 Å². The van der Waals surface area contributed by atoms with Gasteiger partial charge in [-0.3, -0.25) is 29.3 Å². The zero-order valence-corrected chi connectivity index (χ0v) is 36.8. The first-order chi connectivity index (χ1) is 30.3. The Morgan fingerprint density at radius 2 is 0.635 bits per heavy atom. The third kappa shape index (κ3) is 12.0. The van der Waals surface area contributed by atoms with E-state index in [1.807, 2.05) is 18.2 Å². The number of aromatic nitrogens is 3. The molecule has 0 spiro atoms. The van der Waals surface area contributed by atoms with Crippen LogP contribution in [0.3, 0.4) is 0 Å². The van der Waals surface area contributed by atoms with E-state index in [0.29, 0.717) is 34.8 Å². The molecule has 7 rings (SSSR count). The zero-order chi connectivity index (χ0) is 44.5. The molecular formula is C54H54N6O3. The van der Waals surface area contributed by atoms with Gasteiger partial charge in [0.2, 0.25) is 0 Å². The van der Waals surface area contributed by atoms with E-state index in [4.69, 9.17) is 0 Å². The second-order valence-corrected chi connectivity index (χ2v) is 17.3. The molecule has 0 radical (unpaired) electrons. The van der Waals surface area contributed by atoms with Crippen molar-refractivity contribution in [2.75, 3.05) is 16.0 Å². The SMILES string of the molecule is CC(C)Cc1ccc(-c2ccc(NC(=O)c3cc(C(=O)Nc4ccc(-c5ccc(CC(C)C)cc5)nc4)cc(C(=O)Nc4ccc(-c5ccc(CC(C)C)cc5)nc4)c3)cn2)cc1. The summed E-state index contributed by atoms with van der Waals surface area (Å²) in [5, 5.41) is 8.65. The van der Waals surface area contributed by atoms with Crippen molar-refractivity contribution in [2.24, 2.45) is 17.8 Å². The van der Waals surface area contributed by atoms with Crippen molar-refractivity contribution >= 4 is 34.8 Å². The first-order valence-electron chi connectivity index (χ1n) is 21.6.